The molecule has 0 N–H and O–H groups in total. The fraction of sp³-hybridized carbons (Fsp3) is 0. The summed E-state index contributed by atoms with van der Waals surface area (Å²) in [6.45, 7) is 0. The number of hydrogen-bond acceptors (Lipinski definition) is 4. The molecule has 0 unspecified atom stereocenters. The average Bonchev–Trinajstić information content (AvgIpc) is 4.28. The predicted octanol–water partition coefficient (Wildman–Crippen LogP) is 21.4. The molecule has 0 aliphatic heterocycles. The van der Waals surface area contributed by atoms with E-state index in [0.29, 0.717) is 0 Å². The minimum atomic E-state index is 0.832. The molecule has 15 aromatic rings. The fourth-order valence-corrected chi connectivity index (χ4v) is 11.5. The Morgan fingerprint density at radius 2 is 0.449 bits per heavy atom. The summed E-state index contributed by atoms with van der Waals surface area (Å²) in [5.41, 5.74) is 19.3. The van der Waals surface area contributed by atoms with Gasteiger partial charge >= 0.3 is 0 Å². The van der Waals surface area contributed by atoms with Gasteiger partial charge in [-0.15, -0.1) is 0 Å². The van der Waals surface area contributed by atoms with E-state index in [-0.39, 0.29) is 0 Å². The Hall–Kier alpha value is -10.4. The van der Waals surface area contributed by atoms with Gasteiger partial charge < -0.3 is 18.6 Å². The Morgan fingerprint density at radius 1 is 0.192 bits per heavy atom. The molecule has 4 nitrogen and oxygen atoms in total. The molecule has 13 aromatic carbocycles. The highest BCUT2D eigenvalue weighted by molar-refractivity contribution is 6.22. The van der Waals surface area contributed by atoms with Crippen LogP contribution in [-0.2, 0) is 0 Å². The van der Waals surface area contributed by atoms with Crippen LogP contribution in [-0.4, -0.2) is 0 Å². The number of anilines is 6. The van der Waals surface area contributed by atoms with Crippen LogP contribution in [0, 0.1) is 0 Å². The predicted molar refractivity (Wildman–Crippen MR) is 327 cm³/mol. The van der Waals surface area contributed by atoms with E-state index < -0.39 is 0 Å². The van der Waals surface area contributed by atoms with Gasteiger partial charge in [0.1, 0.15) is 22.3 Å². The Morgan fingerprint density at radius 3 is 0.744 bits per heavy atom. The highest BCUT2D eigenvalue weighted by Crippen LogP contribution is 2.45. The van der Waals surface area contributed by atoms with E-state index in [9.17, 15) is 0 Å². The molecule has 2 heterocycles. The summed E-state index contributed by atoms with van der Waals surface area (Å²) in [5, 5.41) is 8.47. The Balaban J connectivity index is 0.786. The van der Waals surface area contributed by atoms with Crippen LogP contribution in [0.15, 0.2) is 300 Å². The Labute approximate surface area is 451 Å². The second kappa shape index (κ2) is 18.7. The zero-order valence-electron chi connectivity index (χ0n) is 42.4. The van der Waals surface area contributed by atoms with Crippen LogP contribution >= 0.6 is 0 Å². The maximum atomic E-state index is 6.89. The van der Waals surface area contributed by atoms with Crippen LogP contribution in [0.2, 0.25) is 0 Å². The van der Waals surface area contributed by atoms with Crippen LogP contribution in [0.4, 0.5) is 34.1 Å². The van der Waals surface area contributed by atoms with Gasteiger partial charge in [0, 0.05) is 66.4 Å². The Kier molecular flexibility index (Phi) is 10.8. The minimum Gasteiger partial charge on any atom is -0.455 e. The van der Waals surface area contributed by atoms with E-state index in [1.54, 1.807) is 0 Å². The van der Waals surface area contributed by atoms with E-state index in [2.05, 4.69) is 301 Å². The first-order valence-corrected chi connectivity index (χ1v) is 26.5. The topological polar surface area (TPSA) is 32.8 Å². The van der Waals surface area contributed by atoms with Gasteiger partial charge in [0.05, 0.1) is 0 Å². The van der Waals surface area contributed by atoms with Crippen molar-refractivity contribution in [3.8, 4) is 44.5 Å². The van der Waals surface area contributed by atoms with Crippen molar-refractivity contribution in [3.63, 3.8) is 0 Å². The van der Waals surface area contributed by atoms with Crippen molar-refractivity contribution in [2.24, 2.45) is 0 Å². The third-order valence-electron chi connectivity index (χ3n) is 15.4. The summed E-state index contributed by atoms with van der Waals surface area (Å²) >= 11 is 0. The van der Waals surface area contributed by atoms with Crippen molar-refractivity contribution in [1.29, 1.82) is 0 Å². The molecule has 0 aliphatic carbocycles. The smallest absolute Gasteiger partial charge is 0.143 e. The van der Waals surface area contributed by atoms with E-state index in [0.717, 1.165) is 99.5 Å². The van der Waals surface area contributed by atoms with Crippen LogP contribution in [0.5, 0.6) is 0 Å². The van der Waals surface area contributed by atoms with Gasteiger partial charge in [-0.1, -0.05) is 182 Å². The molecule has 78 heavy (non-hydrogen) atoms. The molecule has 0 fully saturated rings. The molecule has 0 bridgehead atoms. The molecule has 0 radical (unpaired) electrons. The van der Waals surface area contributed by atoms with Crippen LogP contribution < -0.4 is 9.80 Å². The third-order valence-corrected chi connectivity index (χ3v) is 15.4. The largest absolute Gasteiger partial charge is 0.455 e. The van der Waals surface area contributed by atoms with E-state index >= 15 is 0 Å². The summed E-state index contributed by atoms with van der Waals surface area (Å²) in [6, 6.07) is 104. The molecule has 15 rings (SSSR count). The molecule has 0 atom stereocenters. The van der Waals surface area contributed by atoms with Gasteiger partial charge in [0.25, 0.3) is 0 Å². The molecule has 0 saturated carbocycles. The van der Waals surface area contributed by atoms with Gasteiger partial charge in [-0.25, -0.2) is 0 Å². The van der Waals surface area contributed by atoms with Crippen molar-refractivity contribution < 1.29 is 8.83 Å². The number of benzene rings is 13. The highest BCUT2D eigenvalue weighted by Gasteiger charge is 2.21. The number of rotatable bonds is 10. The van der Waals surface area contributed by atoms with E-state index in [4.69, 9.17) is 8.83 Å². The van der Waals surface area contributed by atoms with E-state index in [1.165, 1.54) is 44.5 Å². The summed E-state index contributed by atoms with van der Waals surface area (Å²) in [6.07, 6.45) is 0. The molecule has 0 spiro atoms. The second-order valence-corrected chi connectivity index (χ2v) is 20.1. The third kappa shape index (κ3) is 7.94. The number of furan rings is 2. The zero-order valence-corrected chi connectivity index (χ0v) is 42.4. The summed E-state index contributed by atoms with van der Waals surface area (Å²) < 4.78 is 13.8. The molecule has 0 aliphatic rings. The second-order valence-electron chi connectivity index (χ2n) is 20.1. The molecule has 0 saturated heterocycles. The molecule has 366 valence electrons. The number of hydrogen-bond donors (Lipinski definition) is 0. The van der Waals surface area contributed by atoms with Crippen molar-refractivity contribution >= 4 is 99.5 Å². The van der Waals surface area contributed by atoms with Gasteiger partial charge in [-0.05, 0) is 164 Å². The van der Waals surface area contributed by atoms with Crippen molar-refractivity contribution in [1.82, 2.24) is 0 Å². The molecular formula is C74H48N2O2. The monoisotopic (exact) mass is 996 g/mol. The standard InChI is InChI=1S/C74H48N2O2/c1-5-13-49(14-6-1)53-21-31-59(32-22-53)75(60-33-23-54(24-34-60)50-15-7-2-8-16-50)63-39-43-65-57(45-63)29-41-67-69-47-72-70(48-71(69)77-73(65)67)68-42-30-58-46-64(40-44-66(58)74(68)78-72)76(61-35-25-55(26-36-61)51-17-9-3-10-18-51)62-37-27-56(28-38-62)52-19-11-4-12-20-52/h1-48H. The lowest BCUT2D eigenvalue weighted by molar-refractivity contribution is 0.667. The lowest BCUT2D eigenvalue weighted by atomic mass is 10.0. The first kappa shape index (κ1) is 45.0. The number of nitrogens with zero attached hydrogens (tertiary/aromatic N) is 2. The van der Waals surface area contributed by atoms with Crippen molar-refractivity contribution in [3.05, 3.63) is 291 Å². The molecule has 4 heteroatoms. The van der Waals surface area contributed by atoms with Gasteiger partial charge in [0.2, 0.25) is 0 Å². The molecule has 2 aromatic heterocycles. The first-order valence-electron chi connectivity index (χ1n) is 26.5. The number of fused-ring (bicyclic) bond motifs is 10. The lowest BCUT2D eigenvalue weighted by Gasteiger charge is -2.26. The first-order chi connectivity index (χ1) is 38.6. The van der Waals surface area contributed by atoms with Crippen LogP contribution in [0.3, 0.4) is 0 Å². The summed E-state index contributed by atoms with van der Waals surface area (Å²) in [4.78, 5) is 4.67. The normalized spacial score (nSPS) is 11.6. The lowest BCUT2D eigenvalue weighted by Crippen LogP contribution is -2.09. The average molecular weight is 997 g/mol. The van der Waals surface area contributed by atoms with Crippen LogP contribution in [0.25, 0.3) is 110 Å². The molecule has 0 amide bonds. The van der Waals surface area contributed by atoms with Gasteiger partial charge in [0.15, 0.2) is 0 Å². The van der Waals surface area contributed by atoms with Crippen molar-refractivity contribution in [2.45, 2.75) is 0 Å². The van der Waals surface area contributed by atoms with Gasteiger partial charge in [-0.2, -0.15) is 0 Å². The SMILES string of the molecule is c1ccc(-c2ccc(N(c3ccc(-c4ccccc4)cc3)c3ccc4c(ccc5c6cc7oc8c9ccc(N(c%10ccc(-c%11ccccc%11)cc%10)c%10ccc(-c%11ccccc%11)cc%10)cc9ccc8c7cc6oc45)c3)cc2)cc1. The van der Waals surface area contributed by atoms with Crippen molar-refractivity contribution in [2.75, 3.05) is 9.80 Å². The summed E-state index contributed by atoms with van der Waals surface area (Å²) in [7, 11) is 0. The highest BCUT2D eigenvalue weighted by atomic mass is 16.3. The minimum absolute atomic E-state index is 0.832. The molecular weight excluding hydrogens is 949 g/mol. The fourth-order valence-electron chi connectivity index (χ4n) is 11.5. The van der Waals surface area contributed by atoms with Gasteiger partial charge in [-0.3, -0.25) is 0 Å². The summed E-state index contributed by atoms with van der Waals surface area (Å²) in [5.74, 6) is 0. The Bertz CT molecular complexity index is 4200. The maximum Gasteiger partial charge on any atom is 0.143 e. The van der Waals surface area contributed by atoms with E-state index in [1.807, 2.05) is 0 Å². The van der Waals surface area contributed by atoms with Crippen LogP contribution in [0.1, 0.15) is 0 Å². The zero-order chi connectivity index (χ0) is 51.5. The quantitative estimate of drug-likeness (QED) is 0.137. The maximum absolute atomic E-state index is 6.89.